The fourth-order valence-corrected chi connectivity index (χ4v) is 5.16. The number of aliphatic hydroxyl groups excluding tert-OH is 1. The van der Waals surface area contributed by atoms with Gasteiger partial charge in [0, 0.05) is 10.8 Å². The smallest absolute Gasteiger partial charge is 0.0700 e. The van der Waals surface area contributed by atoms with E-state index < -0.39 is 0 Å². The number of unbranched alkanes of at least 4 members (excludes halogenated alkanes) is 2. The molecule has 1 aliphatic carbocycles. The molecule has 148 valence electrons. The van der Waals surface area contributed by atoms with Crippen molar-refractivity contribution in [1.82, 2.24) is 0 Å². The normalized spacial score (nSPS) is 31.1. The Hall–Kier alpha value is -0.300. The Morgan fingerprint density at radius 2 is 1.44 bits per heavy atom. The lowest BCUT2D eigenvalue weighted by Crippen LogP contribution is -2.59. The van der Waals surface area contributed by atoms with Crippen LogP contribution in [0.4, 0.5) is 0 Å². The minimum absolute atomic E-state index is 0.0237. The highest BCUT2D eigenvalue weighted by Gasteiger charge is 2.59. The van der Waals surface area contributed by atoms with Gasteiger partial charge in [0.25, 0.3) is 0 Å². The lowest BCUT2D eigenvalue weighted by atomic mass is 9.45. The lowest BCUT2D eigenvalue weighted by Gasteiger charge is -2.61. The standard InChI is InChI=1S/C24H46O/c1-10-13-15-23(21(4,5)6)17-19(12-3)18-24(20(23)25,16-14-11-2)22(7,8)9/h17,20,25H,10-16,18H2,1-9H3. The Morgan fingerprint density at radius 1 is 0.920 bits per heavy atom. The van der Waals surface area contributed by atoms with Gasteiger partial charge in [-0.1, -0.05) is 99.6 Å². The number of rotatable bonds is 7. The van der Waals surface area contributed by atoms with Crippen LogP contribution in [0.15, 0.2) is 11.6 Å². The fourth-order valence-electron chi connectivity index (χ4n) is 5.16. The Bertz CT molecular complexity index is 448. The Labute approximate surface area is 158 Å². The summed E-state index contributed by atoms with van der Waals surface area (Å²) in [5, 5.41) is 12.0. The van der Waals surface area contributed by atoms with Crippen molar-refractivity contribution in [3.63, 3.8) is 0 Å². The van der Waals surface area contributed by atoms with E-state index in [4.69, 9.17) is 0 Å². The number of hydrogen-bond acceptors (Lipinski definition) is 1. The molecule has 0 fully saturated rings. The zero-order valence-corrected chi connectivity index (χ0v) is 18.8. The highest BCUT2D eigenvalue weighted by atomic mass is 16.3. The van der Waals surface area contributed by atoms with Gasteiger partial charge >= 0.3 is 0 Å². The highest BCUT2D eigenvalue weighted by molar-refractivity contribution is 5.26. The summed E-state index contributed by atoms with van der Waals surface area (Å²) in [7, 11) is 0. The molecule has 3 unspecified atom stereocenters. The Balaban J connectivity index is 3.61. The molecule has 0 radical (unpaired) electrons. The van der Waals surface area contributed by atoms with Crippen LogP contribution in [0.2, 0.25) is 0 Å². The van der Waals surface area contributed by atoms with Crippen LogP contribution < -0.4 is 0 Å². The molecule has 0 bridgehead atoms. The van der Waals surface area contributed by atoms with Gasteiger partial charge in [0.2, 0.25) is 0 Å². The molecule has 0 aromatic carbocycles. The van der Waals surface area contributed by atoms with Gasteiger partial charge in [-0.05, 0) is 36.5 Å². The van der Waals surface area contributed by atoms with Gasteiger partial charge in [0.1, 0.15) is 0 Å². The summed E-state index contributed by atoms with van der Waals surface area (Å²) in [6.45, 7) is 20.9. The first-order valence-electron chi connectivity index (χ1n) is 10.8. The summed E-state index contributed by atoms with van der Waals surface area (Å²) in [5.41, 5.74) is 1.59. The zero-order valence-electron chi connectivity index (χ0n) is 18.8. The summed E-state index contributed by atoms with van der Waals surface area (Å²) >= 11 is 0. The van der Waals surface area contributed by atoms with Gasteiger partial charge in [-0.2, -0.15) is 0 Å². The Kier molecular flexibility index (Phi) is 7.42. The molecule has 0 aromatic heterocycles. The van der Waals surface area contributed by atoms with Crippen molar-refractivity contribution in [3.8, 4) is 0 Å². The molecule has 0 aliphatic heterocycles. The molecule has 1 heteroatoms. The van der Waals surface area contributed by atoms with Gasteiger partial charge < -0.3 is 5.11 Å². The van der Waals surface area contributed by atoms with Gasteiger partial charge in [0.15, 0.2) is 0 Å². The van der Waals surface area contributed by atoms with Crippen LogP contribution in [-0.4, -0.2) is 11.2 Å². The monoisotopic (exact) mass is 350 g/mol. The first-order chi connectivity index (χ1) is 11.4. The average Bonchev–Trinajstić information content (AvgIpc) is 2.50. The third-order valence-electron chi connectivity index (χ3n) is 7.28. The summed E-state index contributed by atoms with van der Waals surface area (Å²) in [6.07, 6.45) is 11.5. The first kappa shape index (κ1) is 22.7. The van der Waals surface area contributed by atoms with Crippen LogP contribution in [0, 0.1) is 21.7 Å². The molecule has 1 rings (SSSR count). The van der Waals surface area contributed by atoms with E-state index in [0.29, 0.717) is 0 Å². The fraction of sp³-hybridized carbons (Fsp3) is 0.917. The molecule has 0 aromatic rings. The average molecular weight is 351 g/mol. The van der Waals surface area contributed by atoms with Gasteiger partial charge in [-0.15, -0.1) is 0 Å². The Morgan fingerprint density at radius 3 is 1.84 bits per heavy atom. The predicted molar refractivity (Wildman–Crippen MR) is 112 cm³/mol. The van der Waals surface area contributed by atoms with Crippen molar-refractivity contribution in [2.45, 2.75) is 120 Å². The van der Waals surface area contributed by atoms with Crippen LogP contribution in [0.1, 0.15) is 114 Å². The second kappa shape index (κ2) is 8.15. The maximum Gasteiger partial charge on any atom is 0.0700 e. The number of allylic oxidation sites excluding steroid dienone is 1. The molecule has 0 saturated carbocycles. The molecule has 0 saturated heterocycles. The van der Waals surface area contributed by atoms with Crippen molar-refractivity contribution < 1.29 is 5.11 Å². The molecule has 0 spiro atoms. The van der Waals surface area contributed by atoms with Crippen molar-refractivity contribution in [2.75, 3.05) is 0 Å². The van der Waals surface area contributed by atoms with E-state index in [1.807, 2.05) is 0 Å². The second-order valence-electron chi connectivity index (χ2n) is 10.6. The van der Waals surface area contributed by atoms with Crippen LogP contribution in [0.5, 0.6) is 0 Å². The predicted octanol–water partition coefficient (Wildman–Crippen LogP) is 7.53. The third-order valence-corrected chi connectivity index (χ3v) is 7.28. The summed E-state index contributed by atoms with van der Waals surface area (Å²) < 4.78 is 0. The SMILES string of the molecule is CCCCC1(C(C)(C)C)C=C(CC)CC(CCCC)(C(C)(C)C)C1O. The molecule has 1 N–H and O–H groups in total. The van der Waals surface area contributed by atoms with E-state index >= 15 is 0 Å². The van der Waals surface area contributed by atoms with Crippen LogP contribution >= 0.6 is 0 Å². The topological polar surface area (TPSA) is 20.2 Å². The van der Waals surface area contributed by atoms with Crippen molar-refractivity contribution in [2.24, 2.45) is 21.7 Å². The second-order valence-corrected chi connectivity index (χ2v) is 10.6. The molecule has 0 amide bonds. The number of aliphatic hydroxyl groups is 1. The van der Waals surface area contributed by atoms with Crippen molar-refractivity contribution >= 4 is 0 Å². The third kappa shape index (κ3) is 4.18. The van der Waals surface area contributed by atoms with E-state index in [9.17, 15) is 5.11 Å². The summed E-state index contributed by atoms with van der Waals surface area (Å²) in [6, 6.07) is 0. The van der Waals surface area contributed by atoms with Gasteiger partial charge in [0.05, 0.1) is 6.10 Å². The first-order valence-corrected chi connectivity index (χ1v) is 10.8. The van der Waals surface area contributed by atoms with E-state index in [-0.39, 0.29) is 27.8 Å². The van der Waals surface area contributed by atoms with Crippen LogP contribution in [-0.2, 0) is 0 Å². The van der Waals surface area contributed by atoms with E-state index in [1.54, 1.807) is 5.57 Å². The molecule has 3 atom stereocenters. The van der Waals surface area contributed by atoms with Crippen molar-refractivity contribution in [3.05, 3.63) is 11.6 Å². The summed E-state index contributed by atoms with van der Waals surface area (Å²) in [5.74, 6) is 0. The largest absolute Gasteiger partial charge is 0.392 e. The minimum atomic E-state index is -0.270. The van der Waals surface area contributed by atoms with Crippen LogP contribution in [0.25, 0.3) is 0 Å². The zero-order chi connectivity index (χ0) is 19.5. The quantitative estimate of drug-likeness (QED) is 0.470. The van der Waals surface area contributed by atoms with E-state index in [2.05, 4.69) is 68.4 Å². The van der Waals surface area contributed by atoms with Crippen molar-refractivity contribution in [1.29, 1.82) is 0 Å². The summed E-state index contributed by atoms with van der Waals surface area (Å²) in [4.78, 5) is 0. The lowest BCUT2D eigenvalue weighted by molar-refractivity contribution is -0.157. The van der Waals surface area contributed by atoms with E-state index in [1.165, 1.54) is 25.7 Å². The maximum absolute atomic E-state index is 12.0. The molecule has 25 heavy (non-hydrogen) atoms. The number of hydrogen-bond donors (Lipinski definition) is 1. The minimum Gasteiger partial charge on any atom is -0.392 e. The van der Waals surface area contributed by atoms with E-state index in [0.717, 1.165) is 25.7 Å². The van der Waals surface area contributed by atoms with Gasteiger partial charge in [-0.25, -0.2) is 0 Å². The molecule has 1 nitrogen and oxygen atoms in total. The molecule has 0 heterocycles. The molecule has 1 aliphatic rings. The van der Waals surface area contributed by atoms with Gasteiger partial charge in [-0.3, -0.25) is 0 Å². The molecular weight excluding hydrogens is 304 g/mol. The maximum atomic E-state index is 12.0. The van der Waals surface area contributed by atoms with Crippen LogP contribution in [0.3, 0.4) is 0 Å². The molecular formula is C24H46O. The highest BCUT2D eigenvalue weighted by Crippen LogP contribution is 2.63.